The Kier molecular flexibility index (Phi) is 4.39. The third-order valence-corrected chi connectivity index (χ3v) is 4.33. The molecular formula is C18H20N8. The lowest BCUT2D eigenvalue weighted by Crippen LogP contribution is -2.26. The molecule has 3 aromatic rings. The van der Waals surface area contributed by atoms with E-state index >= 15 is 0 Å². The standard InChI is InChI=1S/C18H20N8/c1-12-10-13(2)24-18(23-12)26-9-3-4-14(26)16-17(22-8-7-21-16)25-15-11-19-5-6-20-15/h5-8,10-11,14H,3-4,9H2,1-2H3,(H,20,22,25)/t14-/m1/s1. The van der Waals surface area contributed by atoms with Crippen LogP contribution >= 0.6 is 0 Å². The lowest BCUT2D eigenvalue weighted by atomic mass is 10.1. The summed E-state index contributed by atoms with van der Waals surface area (Å²) in [6.45, 7) is 4.88. The van der Waals surface area contributed by atoms with Gasteiger partial charge >= 0.3 is 0 Å². The van der Waals surface area contributed by atoms with E-state index in [4.69, 9.17) is 0 Å². The van der Waals surface area contributed by atoms with Crippen LogP contribution in [0, 0.1) is 13.8 Å². The fraction of sp³-hybridized carbons (Fsp3) is 0.333. The zero-order valence-electron chi connectivity index (χ0n) is 14.8. The highest BCUT2D eigenvalue weighted by atomic mass is 15.3. The van der Waals surface area contributed by atoms with Crippen molar-refractivity contribution in [2.45, 2.75) is 32.7 Å². The van der Waals surface area contributed by atoms with Gasteiger partial charge < -0.3 is 10.2 Å². The minimum atomic E-state index is 0.0732. The SMILES string of the molecule is Cc1cc(C)nc(N2CCC[C@@H]2c2nccnc2Nc2cnccn2)n1. The molecule has 8 nitrogen and oxygen atoms in total. The second-order valence-electron chi connectivity index (χ2n) is 6.31. The molecule has 0 bridgehead atoms. The van der Waals surface area contributed by atoms with Crippen molar-refractivity contribution in [1.29, 1.82) is 0 Å². The molecule has 0 unspecified atom stereocenters. The summed E-state index contributed by atoms with van der Waals surface area (Å²) in [5.41, 5.74) is 2.81. The van der Waals surface area contributed by atoms with Gasteiger partial charge in [0.25, 0.3) is 0 Å². The monoisotopic (exact) mass is 348 g/mol. The molecule has 132 valence electrons. The van der Waals surface area contributed by atoms with Gasteiger partial charge in [0, 0.05) is 42.7 Å². The van der Waals surface area contributed by atoms with Gasteiger partial charge in [-0.05, 0) is 32.8 Å². The normalized spacial score (nSPS) is 16.7. The van der Waals surface area contributed by atoms with Gasteiger partial charge in [-0.25, -0.2) is 19.9 Å². The fourth-order valence-electron chi connectivity index (χ4n) is 3.30. The van der Waals surface area contributed by atoms with Crippen molar-refractivity contribution in [2.75, 3.05) is 16.8 Å². The van der Waals surface area contributed by atoms with E-state index in [-0.39, 0.29) is 6.04 Å². The van der Waals surface area contributed by atoms with Crippen molar-refractivity contribution in [3.8, 4) is 0 Å². The number of nitrogens with zero attached hydrogens (tertiary/aromatic N) is 7. The molecule has 0 amide bonds. The molecule has 1 N–H and O–H groups in total. The smallest absolute Gasteiger partial charge is 0.226 e. The second-order valence-corrected chi connectivity index (χ2v) is 6.31. The van der Waals surface area contributed by atoms with Crippen molar-refractivity contribution in [1.82, 2.24) is 29.9 Å². The molecule has 1 atom stereocenters. The molecule has 0 aliphatic carbocycles. The summed E-state index contributed by atoms with van der Waals surface area (Å²) in [6.07, 6.45) is 10.4. The number of hydrogen-bond acceptors (Lipinski definition) is 8. The maximum Gasteiger partial charge on any atom is 0.226 e. The van der Waals surface area contributed by atoms with E-state index in [1.807, 2.05) is 19.9 Å². The van der Waals surface area contributed by atoms with Crippen molar-refractivity contribution in [2.24, 2.45) is 0 Å². The molecule has 1 aliphatic rings. The maximum absolute atomic E-state index is 4.63. The molecule has 4 rings (SSSR count). The van der Waals surface area contributed by atoms with E-state index in [1.54, 1.807) is 31.0 Å². The third kappa shape index (κ3) is 3.30. The summed E-state index contributed by atoms with van der Waals surface area (Å²) in [6, 6.07) is 2.06. The minimum absolute atomic E-state index is 0.0732. The first-order valence-electron chi connectivity index (χ1n) is 8.63. The Balaban J connectivity index is 1.68. The number of hydrogen-bond donors (Lipinski definition) is 1. The Morgan fingerprint density at radius 2 is 1.77 bits per heavy atom. The van der Waals surface area contributed by atoms with Crippen LogP contribution in [0.4, 0.5) is 17.6 Å². The van der Waals surface area contributed by atoms with Gasteiger partial charge in [0.05, 0.1) is 12.2 Å². The first-order valence-corrected chi connectivity index (χ1v) is 8.63. The van der Waals surface area contributed by atoms with Crippen LogP contribution in [-0.2, 0) is 0 Å². The molecule has 1 saturated heterocycles. The van der Waals surface area contributed by atoms with Crippen LogP contribution in [0.3, 0.4) is 0 Å². The molecular weight excluding hydrogens is 328 g/mol. The van der Waals surface area contributed by atoms with Crippen LogP contribution in [0.1, 0.15) is 36.0 Å². The fourth-order valence-corrected chi connectivity index (χ4v) is 3.30. The minimum Gasteiger partial charge on any atom is -0.332 e. The molecule has 0 aromatic carbocycles. The Morgan fingerprint density at radius 1 is 1.00 bits per heavy atom. The molecule has 1 aliphatic heterocycles. The number of aryl methyl sites for hydroxylation is 2. The second kappa shape index (κ2) is 6.99. The van der Waals surface area contributed by atoms with Crippen molar-refractivity contribution in [3.63, 3.8) is 0 Å². The number of anilines is 3. The largest absolute Gasteiger partial charge is 0.332 e. The number of aromatic nitrogens is 6. The summed E-state index contributed by atoms with van der Waals surface area (Å²) in [5.74, 6) is 2.08. The van der Waals surface area contributed by atoms with Crippen molar-refractivity contribution < 1.29 is 0 Å². The summed E-state index contributed by atoms with van der Waals surface area (Å²) >= 11 is 0. The van der Waals surface area contributed by atoms with Gasteiger partial charge in [-0.1, -0.05) is 0 Å². The van der Waals surface area contributed by atoms with Crippen LogP contribution < -0.4 is 10.2 Å². The van der Waals surface area contributed by atoms with Crippen LogP contribution in [0.15, 0.2) is 37.1 Å². The summed E-state index contributed by atoms with van der Waals surface area (Å²) in [4.78, 5) is 28.9. The van der Waals surface area contributed by atoms with E-state index in [0.717, 1.165) is 42.4 Å². The first-order chi connectivity index (χ1) is 12.7. The van der Waals surface area contributed by atoms with Crippen LogP contribution in [0.5, 0.6) is 0 Å². The van der Waals surface area contributed by atoms with Gasteiger partial charge in [0.2, 0.25) is 5.95 Å². The molecule has 0 saturated carbocycles. The number of rotatable bonds is 4. The van der Waals surface area contributed by atoms with Gasteiger partial charge in [-0.2, -0.15) is 0 Å². The molecule has 1 fully saturated rings. The average molecular weight is 348 g/mol. The first kappa shape index (κ1) is 16.3. The van der Waals surface area contributed by atoms with E-state index in [9.17, 15) is 0 Å². The highest BCUT2D eigenvalue weighted by molar-refractivity contribution is 5.55. The maximum atomic E-state index is 4.63. The Labute approximate surface area is 151 Å². The van der Waals surface area contributed by atoms with Crippen LogP contribution in [0.25, 0.3) is 0 Å². The number of nitrogens with one attached hydrogen (secondary N) is 1. The van der Waals surface area contributed by atoms with Crippen molar-refractivity contribution in [3.05, 3.63) is 54.1 Å². The third-order valence-electron chi connectivity index (χ3n) is 4.33. The summed E-state index contributed by atoms with van der Waals surface area (Å²) < 4.78 is 0. The molecule has 4 heterocycles. The highest BCUT2D eigenvalue weighted by Gasteiger charge is 2.31. The van der Waals surface area contributed by atoms with Crippen molar-refractivity contribution >= 4 is 17.6 Å². The topological polar surface area (TPSA) is 92.6 Å². The van der Waals surface area contributed by atoms with E-state index in [0.29, 0.717) is 11.6 Å². The Morgan fingerprint density at radius 3 is 2.54 bits per heavy atom. The highest BCUT2D eigenvalue weighted by Crippen LogP contribution is 2.36. The molecule has 26 heavy (non-hydrogen) atoms. The molecule has 3 aromatic heterocycles. The Bertz CT molecular complexity index is 878. The zero-order chi connectivity index (χ0) is 17.9. The summed E-state index contributed by atoms with van der Waals surface area (Å²) in [5, 5.41) is 3.23. The van der Waals surface area contributed by atoms with Gasteiger partial charge in [0.15, 0.2) is 5.82 Å². The quantitative estimate of drug-likeness (QED) is 0.769. The average Bonchev–Trinajstić information content (AvgIpc) is 3.12. The van der Waals surface area contributed by atoms with Gasteiger partial charge in [0.1, 0.15) is 11.5 Å². The molecule has 0 radical (unpaired) electrons. The van der Waals surface area contributed by atoms with E-state index < -0.39 is 0 Å². The predicted molar refractivity (Wildman–Crippen MR) is 98.2 cm³/mol. The predicted octanol–water partition coefficient (Wildman–Crippen LogP) is 2.76. The van der Waals surface area contributed by atoms with Gasteiger partial charge in [-0.3, -0.25) is 9.97 Å². The Hall–Kier alpha value is -3.16. The van der Waals surface area contributed by atoms with Gasteiger partial charge in [-0.15, -0.1) is 0 Å². The summed E-state index contributed by atoms with van der Waals surface area (Å²) in [7, 11) is 0. The molecule has 8 heteroatoms. The lowest BCUT2D eigenvalue weighted by molar-refractivity contribution is 0.675. The zero-order valence-corrected chi connectivity index (χ0v) is 14.8. The molecule has 0 spiro atoms. The van der Waals surface area contributed by atoms with E-state index in [2.05, 4.69) is 40.1 Å². The van der Waals surface area contributed by atoms with Crippen LogP contribution in [-0.4, -0.2) is 36.4 Å². The van der Waals surface area contributed by atoms with Crippen LogP contribution in [0.2, 0.25) is 0 Å². The van der Waals surface area contributed by atoms with E-state index in [1.165, 1.54) is 0 Å². The lowest BCUT2D eigenvalue weighted by Gasteiger charge is -2.25.